The second-order valence-corrected chi connectivity index (χ2v) is 6.10. The number of aliphatic hydroxyl groups excluding tert-OH is 1. The smallest absolute Gasteiger partial charge is 0.188 e. The third-order valence-electron chi connectivity index (χ3n) is 3.47. The van der Waals surface area contributed by atoms with Crippen LogP contribution in [0.3, 0.4) is 0 Å². The maximum Gasteiger partial charge on any atom is 0.188 e. The minimum Gasteiger partial charge on any atom is -0.388 e. The normalized spacial score (nSPS) is 44.8. The van der Waals surface area contributed by atoms with E-state index in [-0.39, 0.29) is 0 Å². The van der Waals surface area contributed by atoms with Crippen LogP contribution in [0.2, 0.25) is 0 Å². The second kappa shape index (κ2) is 4.02. The number of carbonyl (C=O) groups is 1. The average Bonchev–Trinajstić information content (AvgIpc) is 3.00. The van der Waals surface area contributed by atoms with E-state index in [2.05, 4.69) is 0 Å². The summed E-state index contributed by atoms with van der Waals surface area (Å²) in [5, 5.41) is 28.5. The highest BCUT2D eigenvalue weighted by Crippen LogP contribution is 2.42. The van der Waals surface area contributed by atoms with Crippen LogP contribution in [0.1, 0.15) is 20.8 Å². The number of aliphatic hydroxyl groups is 3. The van der Waals surface area contributed by atoms with E-state index in [4.69, 9.17) is 16.3 Å². The molecule has 1 heterocycles. The molecule has 5 atom stereocenters. The number of ether oxygens (including phenoxy) is 1. The SMILES string of the molecule is CC(C)(O)C1OC1C1=CC(=O)[C@](C)(O)[C@H](Cl)[C@@H]1O. The van der Waals surface area contributed by atoms with Gasteiger partial charge in [-0.25, -0.2) is 0 Å². The third-order valence-corrected chi connectivity index (χ3v) is 4.13. The monoisotopic (exact) mass is 276 g/mol. The van der Waals surface area contributed by atoms with Crippen molar-refractivity contribution in [3.63, 3.8) is 0 Å². The Morgan fingerprint density at radius 2 is 2.06 bits per heavy atom. The Hall–Kier alpha value is -0.460. The van der Waals surface area contributed by atoms with E-state index in [0.717, 1.165) is 0 Å². The fourth-order valence-corrected chi connectivity index (χ4v) is 2.40. The fourth-order valence-electron chi connectivity index (χ4n) is 2.15. The molecule has 0 aromatic rings. The lowest BCUT2D eigenvalue weighted by Gasteiger charge is -2.34. The lowest BCUT2D eigenvalue weighted by molar-refractivity contribution is -0.133. The molecule has 0 amide bonds. The van der Waals surface area contributed by atoms with Crippen LogP contribution >= 0.6 is 11.6 Å². The summed E-state index contributed by atoms with van der Waals surface area (Å²) in [6.07, 6.45) is -1.00. The minimum absolute atomic E-state index is 0.318. The van der Waals surface area contributed by atoms with Crippen molar-refractivity contribution in [1.29, 1.82) is 0 Å². The molecule has 1 aliphatic carbocycles. The summed E-state index contributed by atoms with van der Waals surface area (Å²) in [5.41, 5.74) is -2.53. The Morgan fingerprint density at radius 3 is 2.50 bits per heavy atom. The Balaban J connectivity index is 2.24. The molecule has 0 aromatic carbocycles. The van der Waals surface area contributed by atoms with Crippen LogP contribution in [0.25, 0.3) is 0 Å². The van der Waals surface area contributed by atoms with Gasteiger partial charge in [-0.1, -0.05) is 0 Å². The summed E-state index contributed by atoms with van der Waals surface area (Å²) in [6.45, 7) is 4.44. The highest BCUT2D eigenvalue weighted by Gasteiger charge is 2.56. The van der Waals surface area contributed by atoms with E-state index < -0.39 is 40.7 Å². The topological polar surface area (TPSA) is 90.3 Å². The molecule has 102 valence electrons. The molecule has 3 N–H and O–H groups in total. The molecular formula is C12H17ClO5. The fraction of sp³-hybridized carbons (Fsp3) is 0.750. The maximum absolute atomic E-state index is 11.7. The first-order chi connectivity index (χ1) is 8.06. The van der Waals surface area contributed by atoms with Crippen molar-refractivity contribution in [3.05, 3.63) is 11.6 Å². The second-order valence-electron chi connectivity index (χ2n) is 5.63. The lowest BCUT2D eigenvalue weighted by atomic mass is 9.81. The first kappa shape index (κ1) is 14.0. The third kappa shape index (κ3) is 2.10. The molecule has 1 fully saturated rings. The molecule has 0 aromatic heterocycles. The zero-order chi connectivity index (χ0) is 13.9. The quantitative estimate of drug-likeness (QED) is 0.478. The van der Waals surface area contributed by atoms with Crippen molar-refractivity contribution in [1.82, 2.24) is 0 Å². The number of carbonyl (C=O) groups excluding carboxylic acids is 1. The zero-order valence-electron chi connectivity index (χ0n) is 10.4. The molecule has 6 heteroatoms. The van der Waals surface area contributed by atoms with E-state index in [1.54, 1.807) is 13.8 Å². The molecule has 2 unspecified atom stereocenters. The van der Waals surface area contributed by atoms with E-state index in [9.17, 15) is 20.1 Å². The van der Waals surface area contributed by atoms with E-state index in [0.29, 0.717) is 5.57 Å². The first-order valence-electron chi connectivity index (χ1n) is 5.75. The minimum atomic E-state index is -1.79. The van der Waals surface area contributed by atoms with Crippen molar-refractivity contribution in [2.75, 3.05) is 0 Å². The summed E-state index contributed by atoms with van der Waals surface area (Å²) in [7, 11) is 0. The number of alkyl halides is 1. The molecule has 1 aliphatic heterocycles. The summed E-state index contributed by atoms with van der Waals surface area (Å²) in [4.78, 5) is 11.7. The lowest BCUT2D eigenvalue weighted by Crippen LogP contribution is -2.53. The van der Waals surface area contributed by atoms with Gasteiger partial charge in [0.25, 0.3) is 0 Å². The van der Waals surface area contributed by atoms with Crippen LogP contribution in [-0.2, 0) is 9.53 Å². The molecule has 18 heavy (non-hydrogen) atoms. The van der Waals surface area contributed by atoms with E-state index in [1.165, 1.54) is 13.0 Å². The van der Waals surface area contributed by atoms with Crippen LogP contribution in [0.5, 0.6) is 0 Å². The van der Waals surface area contributed by atoms with Crippen LogP contribution in [0.15, 0.2) is 11.6 Å². The number of hydrogen-bond acceptors (Lipinski definition) is 5. The molecular weight excluding hydrogens is 260 g/mol. The van der Waals surface area contributed by atoms with Gasteiger partial charge in [-0.3, -0.25) is 4.79 Å². The Morgan fingerprint density at radius 1 is 1.50 bits per heavy atom. The summed E-state index contributed by atoms with van der Waals surface area (Å²) in [5.74, 6) is -0.562. The summed E-state index contributed by atoms with van der Waals surface area (Å²) < 4.78 is 5.29. The van der Waals surface area contributed by atoms with Gasteiger partial charge in [-0.05, 0) is 32.4 Å². The molecule has 0 spiro atoms. The average molecular weight is 277 g/mol. The van der Waals surface area contributed by atoms with E-state index in [1.807, 2.05) is 0 Å². The Kier molecular flexibility index (Phi) is 3.11. The predicted octanol–water partition coefficient (Wildman–Crippen LogP) is -0.247. The summed E-state index contributed by atoms with van der Waals surface area (Å²) in [6, 6.07) is 0. The highest BCUT2D eigenvalue weighted by molar-refractivity contribution is 6.25. The van der Waals surface area contributed by atoms with Gasteiger partial charge in [0.15, 0.2) is 5.78 Å². The number of halogens is 1. The van der Waals surface area contributed by atoms with Gasteiger partial charge in [0, 0.05) is 0 Å². The van der Waals surface area contributed by atoms with Gasteiger partial charge in [0.2, 0.25) is 0 Å². The van der Waals surface area contributed by atoms with Crippen molar-refractivity contribution in [3.8, 4) is 0 Å². The van der Waals surface area contributed by atoms with Gasteiger partial charge >= 0.3 is 0 Å². The van der Waals surface area contributed by atoms with Crippen LogP contribution < -0.4 is 0 Å². The maximum atomic E-state index is 11.7. The largest absolute Gasteiger partial charge is 0.388 e. The molecule has 5 nitrogen and oxygen atoms in total. The molecule has 0 saturated carbocycles. The first-order valence-corrected chi connectivity index (χ1v) is 6.18. The number of ketones is 1. The van der Waals surface area contributed by atoms with Gasteiger partial charge in [-0.15, -0.1) is 11.6 Å². The number of hydrogen-bond donors (Lipinski definition) is 3. The van der Waals surface area contributed by atoms with Crippen molar-refractivity contribution >= 4 is 17.4 Å². The standard InChI is InChI=1S/C12H17ClO5/c1-11(2,16)10-8(18-10)5-4-6(14)12(3,17)9(13)7(5)15/h4,7-10,15-17H,1-3H3/t7-,8?,9-,10?,12+/m1/s1. The molecule has 2 rings (SSSR count). The number of rotatable bonds is 2. The zero-order valence-corrected chi connectivity index (χ0v) is 11.2. The van der Waals surface area contributed by atoms with Gasteiger partial charge < -0.3 is 20.1 Å². The predicted molar refractivity (Wildman–Crippen MR) is 64.3 cm³/mol. The number of epoxide rings is 1. The summed E-state index contributed by atoms with van der Waals surface area (Å²) >= 11 is 5.90. The van der Waals surface area contributed by atoms with Crippen LogP contribution in [0.4, 0.5) is 0 Å². The van der Waals surface area contributed by atoms with Gasteiger partial charge in [0.05, 0.1) is 17.1 Å². The molecule has 0 radical (unpaired) electrons. The van der Waals surface area contributed by atoms with Crippen molar-refractivity contribution in [2.45, 2.75) is 55.7 Å². The molecule has 0 bridgehead atoms. The van der Waals surface area contributed by atoms with Crippen LogP contribution in [0, 0.1) is 0 Å². The van der Waals surface area contributed by atoms with Gasteiger partial charge in [-0.2, -0.15) is 0 Å². The Labute approximate surface area is 110 Å². The molecule has 2 aliphatic rings. The Bertz CT molecular complexity index is 409. The highest BCUT2D eigenvalue weighted by atomic mass is 35.5. The van der Waals surface area contributed by atoms with Crippen LogP contribution in [-0.4, -0.2) is 56.0 Å². The van der Waals surface area contributed by atoms with Crippen molar-refractivity contribution in [2.24, 2.45) is 0 Å². The molecule has 1 saturated heterocycles. The van der Waals surface area contributed by atoms with E-state index >= 15 is 0 Å². The van der Waals surface area contributed by atoms with Gasteiger partial charge in [0.1, 0.15) is 17.8 Å². The van der Waals surface area contributed by atoms with Crippen molar-refractivity contribution < 1.29 is 24.9 Å².